The fourth-order valence-electron chi connectivity index (χ4n) is 2.94. The van der Waals surface area contributed by atoms with E-state index in [-0.39, 0.29) is 5.91 Å². The zero-order valence-corrected chi connectivity index (χ0v) is 14.3. The van der Waals surface area contributed by atoms with E-state index in [0.29, 0.717) is 30.3 Å². The van der Waals surface area contributed by atoms with Crippen molar-refractivity contribution in [2.75, 3.05) is 6.54 Å². The van der Waals surface area contributed by atoms with Gasteiger partial charge in [-0.1, -0.05) is 30.3 Å². The summed E-state index contributed by atoms with van der Waals surface area (Å²) in [6.45, 7) is 3.10. The van der Waals surface area contributed by atoms with E-state index in [1.807, 2.05) is 43.3 Å². The average molecular weight is 346 g/mol. The normalized spacial score (nSPS) is 11.0. The smallest absolute Gasteiger partial charge is 0.289 e. The van der Waals surface area contributed by atoms with E-state index < -0.39 is 0 Å². The lowest BCUT2D eigenvalue weighted by atomic mass is 10.2. The van der Waals surface area contributed by atoms with Gasteiger partial charge in [0, 0.05) is 24.7 Å². The molecule has 0 fully saturated rings. The standard InChI is InChI=1S/C20H18N4O2/c1-2-24(12-14-6-4-3-5-7-14)20(25)17-9-8-16(26-17)18-15-10-11-21-19(15)23-13-22-18/h3-11,13H,2,12H2,1H3,(H,21,22,23). The zero-order valence-electron chi connectivity index (χ0n) is 14.3. The Morgan fingerprint density at radius 2 is 1.96 bits per heavy atom. The van der Waals surface area contributed by atoms with E-state index in [1.165, 1.54) is 6.33 Å². The number of hydrogen-bond donors (Lipinski definition) is 1. The summed E-state index contributed by atoms with van der Waals surface area (Å²) in [4.78, 5) is 26.1. The molecule has 6 heteroatoms. The van der Waals surface area contributed by atoms with Crippen LogP contribution in [0.2, 0.25) is 0 Å². The van der Waals surface area contributed by atoms with E-state index in [9.17, 15) is 4.79 Å². The van der Waals surface area contributed by atoms with Crippen LogP contribution < -0.4 is 0 Å². The van der Waals surface area contributed by atoms with Gasteiger partial charge in [0.2, 0.25) is 0 Å². The van der Waals surface area contributed by atoms with Crippen molar-refractivity contribution in [3.05, 3.63) is 72.4 Å². The van der Waals surface area contributed by atoms with Crippen molar-refractivity contribution in [3.8, 4) is 11.5 Å². The maximum atomic E-state index is 12.8. The molecule has 0 spiro atoms. The predicted molar refractivity (Wildman–Crippen MR) is 98.4 cm³/mol. The number of H-pyrrole nitrogens is 1. The van der Waals surface area contributed by atoms with Gasteiger partial charge < -0.3 is 14.3 Å². The second-order valence-corrected chi connectivity index (χ2v) is 5.93. The summed E-state index contributed by atoms with van der Waals surface area (Å²) >= 11 is 0. The molecule has 1 N–H and O–H groups in total. The molecule has 130 valence electrons. The minimum atomic E-state index is -0.137. The Morgan fingerprint density at radius 1 is 1.12 bits per heavy atom. The second-order valence-electron chi connectivity index (χ2n) is 5.93. The number of carbonyl (C=O) groups is 1. The number of benzene rings is 1. The molecule has 4 aromatic rings. The number of amides is 1. The Labute approximate surface area is 150 Å². The van der Waals surface area contributed by atoms with Crippen LogP contribution in [0.25, 0.3) is 22.5 Å². The molecule has 0 aliphatic carbocycles. The summed E-state index contributed by atoms with van der Waals surface area (Å²) in [6, 6.07) is 15.3. The van der Waals surface area contributed by atoms with Crippen LogP contribution in [0.5, 0.6) is 0 Å². The van der Waals surface area contributed by atoms with Crippen molar-refractivity contribution in [2.45, 2.75) is 13.5 Å². The van der Waals surface area contributed by atoms with Crippen LogP contribution in [0.4, 0.5) is 0 Å². The van der Waals surface area contributed by atoms with Crippen LogP contribution in [-0.4, -0.2) is 32.3 Å². The van der Waals surface area contributed by atoms with Crippen molar-refractivity contribution in [1.82, 2.24) is 19.9 Å². The number of furan rings is 1. The molecule has 6 nitrogen and oxygen atoms in total. The Kier molecular flexibility index (Phi) is 4.23. The van der Waals surface area contributed by atoms with Crippen molar-refractivity contribution >= 4 is 16.9 Å². The van der Waals surface area contributed by atoms with Gasteiger partial charge in [0.05, 0.1) is 0 Å². The van der Waals surface area contributed by atoms with Gasteiger partial charge in [-0.2, -0.15) is 0 Å². The van der Waals surface area contributed by atoms with E-state index in [0.717, 1.165) is 16.6 Å². The highest BCUT2D eigenvalue weighted by Gasteiger charge is 2.20. The predicted octanol–water partition coefficient (Wildman–Crippen LogP) is 3.88. The van der Waals surface area contributed by atoms with Crippen LogP contribution in [0, 0.1) is 0 Å². The summed E-state index contributed by atoms with van der Waals surface area (Å²) in [5.41, 5.74) is 2.49. The van der Waals surface area contributed by atoms with Crippen LogP contribution >= 0.6 is 0 Å². The number of carbonyl (C=O) groups excluding carboxylic acids is 1. The summed E-state index contributed by atoms with van der Waals surface area (Å²) in [6.07, 6.45) is 3.28. The average Bonchev–Trinajstić information content (AvgIpc) is 3.35. The fourth-order valence-corrected chi connectivity index (χ4v) is 2.94. The lowest BCUT2D eigenvalue weighted by molar-refractivity contribution is 0.0721. The molecule has 0 bridgehead atoms. The van der Waals surface area contributed by atoms with Gasteiger partial charge >= 0.3 is 0 Å². The van der Waals surface area contributed by atoms with Crippen molar-refractivity contribution in [1.29, 1.82) is 0 Å². The first-order valence-electron chi connectivity index (χ1n) is 8.47. The first-order valence-corrected chi connectivity index (χ1v) is 8.47. The first kappa shape index (κ1) is 16.1. The van der Waals surface area contributed by atoms with E-state index >= 15 is 0 Å². The molecule has 0 atom stereocenters. The summed E-state index contributed by atoms with van der Waals surface area (Å²) < 4.78 is 5.83. The fraction of sp³-hybridized carbons (Fsp3) is 0.150. The highest BCUT2D eigenvalue weighted by molar-refractivity contribution is 5.93. The quantitative estimate of drug-likeness (QED) is 0.595. The molecule has 0 saturated heterocycles. The molecular formula is C20H18N4O2. The number of aromatic amines is 1. The van der Waals surface area contributed by atoms with Crippen molar-refractivity contribution < 1.29 is 9.21 Å². The maximum absolute atomic E-state index is 12.8. The molecular weight excluding hydrogens is 328 g/mol. The Hall–Kier alpha value is -3.41. The third-order valence-electron chi connectivity index (χ3n) is 4.29. The number of rotatable bonds is 5. The monoisotopic (exact) mass is 346 g/mol. The molecule has 1 amide bonds. The number of aromatic nitrogens is 3. The van der Waals surface area contributed by atoms with Crippen LogP contribution in [0.3, 0.4) is 0 Å². The Balaban J connectivity index is 1.60. The zero-order chi connectivity index (χ0) is 17.9. The van der Waals surface area contributed by atoms with Gasteiger partial charge in [-0.25, -0.2) is 9.97 Å². The molecule has 4 rings (SSSR count). The molecule has 0 unspecified atom stereocenters. The molecule has 0 saturated carbocycles. The SMILES string of the molecule is CCN(Cc1ccccc1)C(=O)c1ccc(-c2ncnc3[nH]ccc23)o1. The minimum absolute atomic E-state index is 0.137. The van der Waals surface area contributed by atoms with Gasteiger partial charge in [-0.05, 0) is 30.7 Å². The molecule has 0 aliphatic heterocycles. The topological polar surface area (TPSA) is 75.0 Å². The summed E-state index contributed by atoms with van der Waals surface area (Å²) in [5.74, 6) is 0.721. The minimum Gasteiger partial charge on any atom is -0.449 e. The van der Waals surface area contributed by atoms with Crippen molar-refractivity contribution in [2.24, 2.45) is 0 Å². The lowest BCUT2D eigenvalue weighted by Crippen LogP contribution is -2.29. The molecule has 3 aromatic heterocycles. The number of nitrogens with one attached hydrogen (secondary N) is 1. The number of fused-ring (bicyclic) bond motifs is 1. The van der Waals surface area contributed by atoms with Gasteiger partial charge in [0.1, 0.15) is 17.7 Å². The Bertz CT molecular complexity index is 1040. The largest absolute Gasteiger partial charge is 0.449 e. The molecule has 0 aliphatic rings. The van der Waals surface area contributed by atoms with Crippen LogP contribution in [0.15, 0.2) is 65.5 Å². The van der Waals surface area contributed by atoms with E-state index in [2.05, 4.69) is 15.0 Å². The van der Waals surface area contributed by atoms with Gasteiger partial charge in [-0.3, -0.25) is 4.79 Å². The second kappa shape index (κ2) is 6.84. The molecule has 3 heterocycles. The van der Waals surface area contributed by atoms with Crippen LogP contribution in [-0.2, 0) is 6.54 Å². The third kappa shape index (κ3) is 2.97. The molecule has 1 aromatic carbocycles. The first-order chi connectivity index (χ1) is 12.8. The summed E-state index contributed by atoms with van der Waals surface area (Å²) in [7, 11) is 0. The van der Waals surface area contributed by atoms with Gasteiger partial charge in [0.15, 0.2) is 11.5 Å². The Morgan fingerprint density at radius 3 is 2.77 bits per heavy atom. The van der Waals surface area contributed by atoms with Crippen molar-refractivity contribution in [3.63, 3.8) is 0 Å². The van der Waals surface area contributed by atoms with E-state index in [1.54, 1.807) is 23.2 Å². The highest BCUT2D eigenvalue weighted by atomic mass is 16.4. The number of hydrogen-bond acceptors (Lipinski definition) is 4. The maximum Gasteiger partial charge on any atom is 0.289 e. The summed E-state index contributed by atoms with van der Waals surface area (Å²) in [5, 5.41) is 0.859. The van der Waals surface area contributed by atoms with E-state index in [4.69, 9.17) is 4.42 Å². The molecule has 0 radical (unpaired) electrons. The highest BCUT2D eigenvalue weighted by Crippen LogP contribution is 2.27. The lowest BCUT2D eigenvalue weighted by Gasteiger charge is -2.19. The van der Waals surface area contributed by atoms with Gasteiger partial charge in [0.25, 0.3) is 5.91 Å². The molecule has 26 heavy (non-hydrogen) atoms. The number of nitrogens with zero attached hydrogens (tertiary/aromatic N) is 3. The third-order valence-corrected chi connectivity index (χ3v) is 4.29. The van der Waals surface area contributed by atoms with Gasteiger partial charge in [-0.15, -0.1) is 0 Å². The van der Waals surface area contributed by atoms with Crippen LogP contribution in [0.1, 0.15) is 23.0 Å².